The Hall–Kier alpha value is -3.00. The van der Waals surface area contributed by atoms with Gasteiger partial charge in [-0.05, 0) is 30.7 Å². The molecular formula is C19H16F2N4OS. The number of benzene rings is 2. The van der Waals surface area contributed by atoms with Gasteiger partial charge >= 0.3 is 0 Å². The molecule has 0 aliphatic rings. The zero-order valence-electron chi connectivity index (χ0n) is 14.3. The lowest BCUT2D eigenvalue weighted by Gasteiger charge is -2.10. The van der Waals surface area contributed by atoms with Gasteiger partial charge in [-0.25, -0.2) is 13.8 Å². The number of aromatic nitrogens is 3. The highest BCUT2D eigenvalue weighted by Crippen LogP contribution is 2.22. The highest BCUT2D eigenvalue weighted by Gasteiger charge is 2.18. The fraction of sp³-hybridized carbons (Fsp3) is 0.105. The van der Waals surface area contributed by atoms with Gasteiger partial charge in [0, 0.05) is 6.07 Å². The van der Waals surface area contributed by atoms with Gasteiger partial charge in [0.15, 0.2) is 0 Å². The fourth-order valence-corrected chi connectivity index (χ4v) is 2.90. The molecule has 1 unspecified atom stereocenters. The van der Waals surface area contributed by atoms with Gasteiger partial charge in [0.1, 0.15) is 17.5 Å². The Morgan fingerprint density at radius 3 is 2.74 bits per heavy atom. The molecule has 0 aliphatic heterocycles. The van der Waals surface area contributed by atoms with Gasteiger partial charge in [-0.1, -0.05) is 48.2 Å². The van der Waals surface area contributed by atoms with E-state index in [-0.39, 0.29) is 5.69 Å². The highest BCUT2D eigenvalue weighted by atomic mass is 32.2. The molecule has 0 radical (unpaired) electrons. The molecule has 1 amide bonds. The quantitative estimate of drug-likeness (QED) is 0.617. The van der Waals surface area contributed by atoms with Gasteiger partial charge in [0.25, 0.3) is 0 Å². The second kappa shape index (κ2) is 8.59. The monoisotopic (exact) mass is 386 g/mol. The summed E-state index contributed by atoms with van der Waals surface area (Å²) in [5.74, 6) is -1.26. The summed E-state index contributed by atoms with van der Waals surface area (Å²) in [6, 6.07) is 12.6. The molecule has 3 aromatic rings. The van der Waals surface area contributed by atoms with Crippen LogP contribution in [0.25, 0.3) is 12.2 Å². The van der Waals surface area contributed by atoms with Crippen molar-refractivity contribution in [2.24, 2.45) is 0 Å². The standard InChI is InChI=1S/C19H16F2N4OS/c1-12(18(26)22-16-11-14(20)8-9-15(16)21)27-19-23-17(24-25-19)10-7-13-5-3-2-4-6-13/h2-12H,1H3,(H,22,26)(H,23,24,25)/b10-7+. The number of halogens is 2. The smallest absolute Gasteiger partial charge is 0.237 e. The first-order valence-corrected chi connectivity index (χ1v) is 8.97. The molecule has 138 valence electrons. The molecule has 1 heterocycles. The summed E-state index contributed by atoms with van der Waals surface area (Å²) in [6.45, 7) is 1.63. The third-order valence-electron chi connectivity index (χ3n) is 3.55. The first kappa shape index (κ1) is 18.8. The van der Waals surface area contributed by atoms with Crippen molar-refractivity contribution < 1.29 is 13.6 Å². The Kier molecular flexibility index (Phi) is 5.97. The SMILES string of the molecule is CC(Sc1n[nH]c(/C=C/c2ccccc2)n1)C(=O)Nc1cc(F)ccc1F. The maximum atomic E-state index is 13.6. The predicted octanol–water partition coefficient (Wildman–Crippen LogP) is 4.37. The minimum absolute atomic E-state index is 0.200. The molecule has 2 aromatic carbocycles. The van der Waals surface area contributed by atoms with Crippen LogP contribution in [0.2, 0.25) is 0 Å². The number of amides is 1. The van der Waals surface area contributed by atoms with Gasteiger partial charge in [0.05, 0.1) is 10.9 Å². The first-order chi connectivity index (χ1) is 13.0. The molecule has 1 atom stereocenters. The lowest BCUT2D eigenvalue weighted by Crippen LogP contribution is -2.23. The predicted molar refractivity (Wildman–Crippen MR) is 102 cm³/mol. The fourth-order valence-electron chi connectivity index (χ4n) is 2.16. The number of nitrogens with zero attached hydrogens (tertiary/aromatic N) is 2. The molecule has 5 nitrogen and oxygen atoms in total. The molecule has 0 bridgehead atoms. The molecule has 0 spiro atoms. The summed E-state index contributed by atoms with van der Waals surface area (Å²) in [5.41, 5.74) is 0.821. The lowest BCUT2D eigenvalue weighted by molar-refractivity contribution is -0.115. The van der Waals surface area contributed by atoms with Crippen molar-refractivity contribution in [3.63, 3.8) is 0 Å². The summed E-state index contributed by atoms with van der Waals surface area (Å²) in [6.07, 6.45) is 3.66. The van der Waals surface area contributed by atoms with E-state index in [9.17, 15) is 13.6 Å². The van der Waals surface area contributed by atoms with E-state index in [1.807, 2.05) is 36.4 Å². The molecule has 0 saturated heterocycles. The van der Waals surface area contributed by atoms with Gasteiger partial charge in [-0.3, -0.25) is 9.89 Å². The van der Waals surface area contributed by atoms with E-state index in [2.05, 4.69) is 20.5 Å². The van der Waals surface area contributed by atoms with Gasteiger partial charge < -0.3 is 5.32 Å². The van der Waals surface area contributed by atoms with Crippen LogP contribution in [0.4, 0.5) is 14.5 Å². The molecular weight excluding hydrogens is 370 g/mol. The molecule has 3 rings (SSSR count). The second-order valence-corrected chi connectivity index (χ2v) is 6.93. The van der Waals surface area contributed by atoms with Gasteiger partial charge in [-0.15, -0.1) is 5.10 Å². The maximum Gasteiger partial charge on any atom is 0.237 e. The number of nitrogens with one attached hydrogen (secondary N) is 2. The summed E-state index contributed by atoms with van der Waals surface area (Å²) < 4.78 is 26.8. The van der Waals surface area contributed by atoms with Crippen molar-refractivity contribution in [1.29, 1.82) is 0 Å². The van der Waals surface area contributed by atoms with Crippen molar-refractivity contribution in [2.75, 3.05) is 5.32 Å². The van der Waals surface area contributed by atoms with Crippen molar-refractivity contribution in [3.05, 3.63) is 71.6 Å². The van der Waals surface area contributed by atoms with E-state index in [1.165, 1.54) is 0 Å². The van der Waals surface area contributed by atoms with Crippen LogP contribution in [0.1, 0.15) is 18.3 Å². The lowest BCUT2D eigenvalue weighted by atomic mass is 10.2. The van der Waals surface area contributed by atoms with E-state index in [0.717, 1.165) is 35.5 Å². The molecule has 27 heavy (non-hydrogen) atoms. The van der Waals surface area contributed by atoms with Crippen LogP contribution in [0.3, 0.4) is 0 Å². The topological polar surface area (TPSA) is 70.7 Å². The van der Waals surface area contributed by atoms with Crippen molar-refractivity contribution in [2.45, 2.75) is 17.3 Å². The molecule has 1 aromatic heterocycles. The van der Waals surface area contributed by atoms with Gasteiger partial charge in [-0.2, -0.15) is 0 Å². The number of hydrogen-bond donors (Lipinski definition) is 2. The third-order valence-corrected chi connectivity index (χ3v) is 4.51. The van der Waals surface area contributed by atoms with E-state index < -0.39 is 22.8 Å². The van der Waals surface area contributed by atoms with Crippen molar-refractivity contribution >= 4 is 35.5 Å². The molecule has 2 N–H and O–H groups in total. The number of aromatic amines is 1. The van der Waals surface area contributed by atoms with Crippen molar-refractivity contribution in [3.8, 4) is 0 Å². The zero-order chi connectivity index (χ0) is 19.2. The Bertz CT molecular complexity index is 959. The maximum absolute atomic E-state index is 13.6. The molecule has 8 heteroatoms. The zero-order valence-corrected chi connectivity index (χ0v) is 15.1. The van der Waals surface area contributed by atoms with Crippen LogP contribution in [-0.2, 0) is 4.79 Å². The number of carbonyl (C=O) groups is 1. The molecule has 0 fully saturated rings. The average Bonchev–Trinajstić information content (AvgIpc) is 3.11. The second-order valence-electron chi connectivity index (χ2n) is 5.62. The third kappa shape index (κ3) is 5.24. The summed E-state index contributed by atoms with van der Waals surface area (Å²) in [4.78, 5) is 16.5. The molecule has 0 saturated carbocycles. The van der Waals surface area contributed by atoms with Crippen LogP contribution in [-0.4, -0.2) is 26.3 Å². The summed E-state index contributed by atoms with van der Waals surface area (Å²) in [5, 5.41) is 8.97. The Balaban J connectivity index is 1.60. The first-order valence-electron chi connectivity index (χ1n) is 8.09. The van der Waals surface area contributed by atoms with Crippen LogP contribution in [0.15, 0.2) is 53.7 Å². The average molecular weight is 386 g/mol. The number of anilines is 1. The number of H-pyrrole nitrogens is 1. The largest absolute Gasteiger partial charge is 0.323 e. The van der Waals surface area contributed by atoms with E-state index in [4.69, 9.17) is 0 Å². The summed E-state index contributed by atoms with van der Waals surface area (Å²) >= 11 is 1.11. The number of carbonyl (C=O) groups excluding carboxylic acids is 1. The van der Waals surface area contributed by atoms with E-state index in [1.54, 1.807) is 13.0 Å². The number of rotatable bonds is 6. The minimum Gasteiger partial charge on any atom is -0.323 e. The van der Waals surface area contributed by atoms with Crippen LogP contribution >= 0.6 is 11.8 Å². The van der Waals surface area contributed by atoms with Crippen LogP contribution in [0, 0.1) is 11.6 Å². The minimum atomic E-state index is -0.701. The highest BCUT2D eigenvalue weighted by molar-refractivity contribution is 8.00. The normalized spacial score (nSPS) is 12.3. The Labute approximate surface area is 158 Å². The summed E-state index contributed by atoms with van der Waals surface area (Å²) in [7, 11) is 0. The van der Waals surface area contributed by atoms with E-state index >= 15 is 0 Å². The van der Waals surface area contributed by atoms with E-state index in [0.29, 0.717) is 11.0 Å². The molecule has 0 aliphatic carbocycles. The van der Waals surface area contributed by atoms with Crippen LogP contribution in [0.5, 0.6) is 0 Å². The van der Waals surface area contributed by atoms with Crippen LogP contribution < -0.4 is 5.32 Å². The van der Waals surface area contributed by atoms with Crippen molar-refractivity contribution in [1.82, 2.24) is 15.2 Å². The Morgan fingerprint density at radius 2 is 1.96 bits per heavy atom. The number of thioether (sulfide) groups is 1. The van der Waals surface area contributed by atoms with Gasteiger partial charge in [0.2, 0.25) is 11.1 Å². The number of hydrogen-bond acceptors (Lipinski definition) is 4. The Morgan fingerprint density at radius 1 is 1.19 bits per heavy atom.